The zero-order chi connectivity index (χ0) is 18.4. The van der Waals surface area contributed by atoms with Gasteiger partial charge >= 0.3 is 5.89 Å². The van der Waals surface area contributed by atoms with Crippen LogP contribution in [0.1, 0.15) is 28.4 Å². The number of Topliss-reactive ketones (excluding diaryl/α,β-unsaturated/α-hetero) is 1. The van der Waals surface area contributed by atoms with Gasteiger partial charge in [0.05, 0.1) is 5.02 Å². The molecule has 0 N–H and O–H groups in total. The van der Waals surface area contributed by atoms with Crippen LogP contribution in [0.25, 0.3) is 34.3 Å². The molecule has 2 aromatic carbocycles. The molecule has 7 heteroatoms. The molecule has 26 heavy (non-hydrogen) atoms. The summed E-state index contributed by atoms with van der Waals surface area (Å²) in [6, 6.07) is 8.91. The first-order chi connectivity index (χ1) is 12.4. The van der Waals surface area contributed by atoms with Gasteiger partial charge in [0.1, 0.15) is 5.52 Å². The fourth-order valence-corrected chi connectivity index (χ4v) is 2.95. The lowest BCUT2D eigenvalue weighted by atomic mass is 10.1. The van der Waals surface area contributed by atoms with E-state index in [0.29, 0.717) is 27.6 Å². The number of hydrogen-bond donors (Lipinski definition) is 0. The quantitative estimate of drug-likeness (QED) is 0.473. The topological polar surface area (TPSA) is 82.0 Å². The molecular weight excluding hydrogens is 354 g/mol. The molecule has 4 rings (SSSR count). The highest BCUT2D eigenvalue weighted by molar-refractivity contribution is 6.33. The summed E-state index contributed by atoms with van der Waals surface area (Å²) < 4.78 is 11.1. The number of nitrogens with zero attached hydrogens (tertiary/aromatic N) is 3. The zero-order valence-corrected chi connectivity index (χ0v) is 15.1. The monoisotopic (exact) mass is 367 g/mol. The molecular formula is C19H14ClN3O3. The van der Waals surface area contributed by atoms with E-state index in [1.807, 2.05) is 26.0 Å². The Kier molecular flexibility index (Phi) is 3.85. The smallest absolute Gasteiger partial charge is 0.314 e. The summed E-state index contributed by atoms with van der Waals surface area (Å²) in [7, 11) is 0. The lowest BCUT2D eigenvalue weighted by molar-refractivity contribution is 0.101. The molecule has 130 valence electrons. The fourth-order valence-electron chi connectivity index (χ4n) is 2.69. The van der Waals surface area contributed by atoms with Crippen molar-refractivity contribution in [3.05, 3.63) is 52.0 Å². The van der Waals surface area contributed by atoms with Crippen LogP contribution in [0, 0.1) is 13.8 Å². The standard InChI is InChI=1S/C19H14ClN3O3/c1-9-4-5-10(2)16-15(9)21-18(25-16)19-22-17(23-26-19)13-7-6-12(11(3)24)8-14(13)20/h4-8H,1-3H3. The van der Waals surface area contributed by atoms with Gasteiger partial charge in [-0.05, 0) is 44.0 Å². The van der Waals surface area contributed by atoms with Crippen LogP contribution < -0.4 is 0 Å². The van der Waals surface area contributed by atoms with Gasteiger partial charge in [0.15, 0.2) is 11.4 Å². The Morgan fingerprint density at radius 2 is 1.81 bits per heavy atom. The summed E-state index contributed by atoms with van der Waals surface area (Å²) in [5.74, 6) is 0.662. The van der Waals surface area contributed by atoms with Crippen molar-refractivity contribution in [2.75, 3.05) is 0 Å². The van der Waals surface area contributed by atoms with Gasteiger partial charge in [0.25, 0.3) is 5.89 Å². The molecule has 0 amide bonds. The van der Waals surface area contributed by atoms with Crippen molar-refractivity contribution < 1.29 is 13.7 Å². The number of carbonyl (C=O) groups is 1. The summed E-state index contributed by atoms with van der Waals surface area (Å²) in [6.45, 7) is 5.39. The number of oxazole rings is 1. The van der Waals surface area contributed by atoms with E-state index in [4.69, 9.17) is 20.5 Å². The molecule has 0 bridgehead atoms. The minimum Gasteiger partial charge on any atom is -0.432 e. The van der Waals surface area contributed by atoms with Crippen molar-refractivity contribution in [3.63, 3.8) is 0 Å². The Morgan fingerprint density at radius 3 is 2.50 bits per heavy atom. The van der Waals surface area contributed by atoms with Crippen molar-refractivity contribution in [2.24, 2.45) is 0 Å². The maximum absolute atomic E-state index is 11.4. The summed E-state index contributed by atoms with van der Waals surface area (Å²) in [4.78, 5) is 20.3. The van der Waals surface area contributed by atoms with Crippen molar-refractivity contribution in [1.82, 2.24) is 15.1 Å². The fraction of sp³-hybridized carbons (Fsp3) is 0.158. The molecule has 0 saturated carbocycles. The first-order valence-corrected chi connectivity index (χ1v) is 8.33. The molecule has 0 radical (unpaired) electrons. The average molecular weight is 368 g/mol. The third-order valence-corrected chi connectivity index (χ3v) is 4.48. The molecule has 0 atom stereocenters. The summed E-state index contributed by atoms with van der Waals surface area (Å²) in [5, 5.41) is 4.33. The molecule has 6 nitrogen and oxygen atoms in total. The van der Waals surface area contributed by atoms with Gasteiger partial charge < -0.3 is 8.94 Å². The predicted molar refractivity (Wildman–Crippen MR) is 97.2 cm³/mol. The molecule has 2 aromatic heterocycles. The maximum Gasteiger partial charge on any atom is 0.314 e. The third-order valence-electron chi connectivity index (χ3n) is 4.17. The Labute approximate surface area is 153 Å². The highest BCUT2D eigenvalue weighted by Gasteiger charge is 2.19. The number of rotatable bonds is 3. The normalized spacial score (nSPS) is 11.2. The van der Waals surface area contributed by atoms with Crippen molar-refractivity contribution in [2.45, 2.75) is 20.8 Å². The lowest BCUT2D eigenvalue weighted by Gasteiger charge is -2.01. The van der Waals surface area contributed by atoms with E-state index in [-0.39, 0.29) is 17.6 Å². The van der Waals surface area contributed by atoms with Gasteiger partial charge in [-0.25, -0.2) is 4.98 Å². The molecule has 0 unspecified atom stereocenters. The first kappa shape index (κ1) is 16.5. The van der Waals surface area contributed by atoms with Gasteiger partial charge in [0, 0.05) is 11.1 Å². The van der Waals surface area contributed by atoms with Crippen LogP contribution in [0.4, 0.5) is 0 Å². The third kappa shape index (κ3) is 2.68. The summed E-state index contributed by atoms with van der Waals surface area (Å²) in [5.41, 5.74) is 4.53. The number of fused-ring (bicyclic) bond motifs is 1. The van der Waals surface area contributed by atoms with Crippen molar-refractivity contribution >= 4 is 28.5 Å². The van der Waals surface area contributed by atoms with Gasteiger partial charge in [0.2, 0.25) is 5.82 Å². The minimum atomic E-state index is -0.0653. The van der Waals surface area contributed by atoms with Gasteiger partial charge in [-0.1, -0.05) is 35.0 Å². The predicted octanol–water partition coefficient (Wildman–Crippen LogP) is 5.02. The van der Waals surface area contributed by atoms with Crippen LogP contribution in [0.2, 0.25) is 5.02 Å². The molecule has 0 aliphatic heterocycles. The van der Waals surface area contributed by atoms with Crippen LogP contribution in [0.15, 0.2) is 39.3 Å². The minimum absolute atomic E-state index is 0.0653. The van der Waals surface area contributed by atoms with E-state index in [2.05, 4.69) is 15.1 Å². The number of halogens is 1. The number of aromatic nitrogens is 3. The second-order valence-corrected chi connectivity index (χ2v) is 6.48. The summed E-state index contributed by atoms with van der Waals surface area (Å²) >= 11 is 6.26. The molecule has 2 heterocycles. The van der Waals surface area contributed by atoms with Crippen LogP contribution in [-0.2, 0) is 0 Å². The number of carbonyl (C=O) groups excluding carboxylic acids is 1. The Hall–Kier alpha value is -2.99. The highest BCUT2D eigenvalue weighted by atomic mass is 35.5. The lowest BCUT2D eigenvalue weighted by Crippen LogP contribution is -1.92. The Morgan fingerprint density at radius 1 is 1.04 bits per heavy atom. The molecule has 0 fully saturated rings. The zero-order valence-electron chi connectivity index (χ0n) is 14.3. The molecule has 0 aliphatic rings. The second-order valence-electron chi connectivity index (χ2n) is 6.07. The van der Waals surface area contributed by atoms with E-state index in [9.17, 15) is 4.79 Å². The summed E-state index contributed by atoms with van der Waals surface area (Å²) in [6.07, 6.45) is 0. The second kappa shape index (κ2) is 6.07. The molecule has 0 aliphatic carbocycles. The van der Waals surface area contributed by atoms with Gasteiger partial charge in [-0.15, -0.1) is 0 Å². The molecule has 0 saturated heterocycles. The van der Waals surface area contributed by atoms with E-state index < -0.39 is 0 Å². The maximum atomic E-state index is 11.4. The van der Waals surface area contributed by atoms with E-state index in [1.54, 1.807) is 18.2 Å². The molecule has 4 aromatic rings. The van der Waals surface area contributed by atoms with Crippen LogP contribution in [-0.4, -0.2) is 20.9 Å². The van der Waals surface area contributed by atoms with Crippen molar-refractivity contribution in [1.29, 1.82) is 0 Å². The van der Waals surface area contributed by atoms with E-state index >= 15 is 0 Å². The first-order valence-electron chi connectivity index (χ1n) is 7.95. The Balaban J connectivity index is 1.76. The van der Waals surface area contributed by atoms with Gasteiger partial charge in [-0.2, -0.15) is 4.98 Å². The van der Waals surface area contributed by atoms with Crippen molar-refractivity contribution in [3.8, 4) is 23.2 Å². The average Bonchev–Trinajstić information content (AvgIpc) is 3.25. The molecule has 0 spiro atoms. The number of hydrogen-bond acceptors (Lipinski definition) is 6. The van der Waals surface area contributed by atoms with Gasteiger partial charge in [-0.3, -0.25) is 4.79 Å². The van der Waals surface area contributed by atoms with E-state index in [1.165, 1.54) is 6.92 Å². The highest BCUT2D eigenvalue weighted by Crippen LogP contribution is 2.31. The van der Waals surface area contributed by atoms with Crippen LogP contribution >= 0.6 is 11.6 Å². The van der Waals surface area contributed by atoms with E-state index in [0.717, 1.165) is 16.6 Å². The number of aryl methyl sites for hydroxylation is 2. The van der Waals surface area contributed by atoms with Crippen LogP contribution in [0.3, 0.4) is 0 Å². The SMILES string of the molecule is CC(=O)c1ccc(-c2noc(-c3nc4c(C)ccc(C)c4o3)n2)c(Cl)c1. The number of benzene rings is 2. The largest absolute Gasteiger partial charge is 0.432 e. The number of ketones is 1. The van der Waals surface area contributed by atoms with Crippen LogP contribution in [0.5, 0.6) is 0 Å². The Bertz CT molecular complexity index is 1120.